The van der Waals surface area contributed by atoms with Crippen molar-refractivity contribution < 1.29 is 0 Å². The predicted octanol–water partition coefficient (Wildman–Crippen LogP) is 0.316. The summed E-state index contributed by atoms with van der Waals surface area (Å²) in [5, 5.41) is 9.81. The zero-order valence-electron chi connectivity index (χ0n) is 7.02. The van der Waals surface area contributed by atoms with Crippen molar-refractivity contribution in [3.8, 4) is 0 Å². The largest absolute Gasteiger partial charge is 0.303 e. The molecule has 0 aliphatic heterocycles. The van der Waals surface area contributed by atoms with Crippen molar-refractivity contribution in [3.63, 3.8) is 0 Å². The van der Waals surface area contributed by atoms with Crippen molar-refractivity contribution in [1.82, 2.24) is 14.8 Å². The fourth-order valence-corrected chi connectivity index (χ4v) is 0.689. The van der Waals surface area contributed by atoms with E-state index in [0.29, 0.717) is 0 Å². The molecular weight excluding hydrogens is 140 g/mol. The fourth-order valence-electron chi connectivity index (χ4n) is 0.689. The van der Waals surface area contributed by atoms with E-state index in [1.165, 1.54) is 0 Å². The Morgan fingerprint density at radius 3 is 2.82 bits per heavy atom. The summed E-state index contributed by atoms with van der Waals surface area (Å²) < 4.78 is 1.75. The third kappa shape index (κ3) is 2.41. The van der Waals surface area contributed by atoms with Crippen molar-refractivity contribution in [2.45, 2.75) is 0 Å². The molecule has 1 rings (SSSR count). The first-order chi connectivity index (χ1) is 5.18. The molecule has 0 amide bonds. The van der Waals surface area contributed by atoms with Crippen LogP contribution in [-0.2, 0) is 7.05 Å². The summed E-state index contributed by atoms with van der Waals surface area (Å²) in [4.78, 5) is 0. The van der Waals surface area contributed by atoms with E-state index in [-0.39, 0.29) is 0 Å². The van der Waals surface area contributed by atoms with Crippen LogP contribution in [0.1, 0.15) is 5.56 Å². The molecule has 1 aromatic heterocycles. The fraction of sp³-hybridized carbons (Fsp3) is 0.429. The van der Waals surface area contributed by atoms with Crippen molar-refractivity contribution in [3.05, 3.63) is 18.0 Å². The molecule has 0 saturated carbocycles. The lowest BCUT2D eigenvalue weighted by Gasteiger charge is -2.00. The molecule has 0 unspecified atom stereocenters. The summed E-state index contributed by atoms with van der Waals surface area (Å²) in [5.41, 5.74) is 1.02. The smallest absolute Gasteiger partial charge is 0.0578 e. The van der Waals surface area contributed by atoms with Gasteiger partial charge in [0.05, 0.1) is 12.4 Å². The van der Waals surface area contributed by atoms with E-state index >= 15 is 0 Å². The van der Waals surface area contributed by atoms with Gasteiger partial charge in [0.25, 0.3) is 0 Å². The van der Waals surface area contributed by atoms with Gasteiger partial charge in [0.2, 0.25) is 0 Å². The number of rotatable bonds is 2. The molecule has 0 spiro atoms. The molecular formula is C7H12N4. The highest BCUT2D eigenvalue weighted by Crippen LogP contribution is 1.91. The number of hydrogen-bond donors (Lipinski definition) is 0. The summed E-state index contributed by atoms with van der Waals surface area (Å²) in [6.07, 6.45) is 5.45. The van der Waals surface area contributed by atoms with Crippen LogP contribution in [0.25, 0.3) is 0 Å². The minimum Gasteiger partial charge on any atom is -0.303 e. The Kier molecular flexibility index (Phi) is 2.25. The Labute approximate surface area is 66.1 Å². The van der Waals surface area contributed by atoms with Gasteiger partial charge in [-0.3, -0.25) is 4.68 Å². The maximum absolute atomic E-state index is 4.06. The Hall–Kier alpha value is -1.32. The Balaban J connectivity index is 2.64. The van der Waals surface area contributed by atoms with Crippen LogP contribution in [-0.4, -0.2) is 35.1 Å². The zero-order chi connectivity index (χ0) is 8.27. The van der Waals surface area contributed by atoms with Gasteiger partial charge < -0.3 is 5.01 Å². The number of hydrazone groups is 1. The summed E-state index contributed by atoms with van der Waals surface area (Å²) in [6, 6.07) is 0. The first-order valence-corrected chi connectivity index (χ1v) is 3.38. The standard InChI is InChI=1S/C7H12N4/c1-10(2)8-4-7-5-9-11(3)6-7/h4-6H,1-3H3/b8-4+. The van der Waals surface area contributed by atoms with Gasteiger partial charge in [-0.2, -0.15) is 10.2 Å². The second-order valence-corrected chi connectivity index (χ2v) is 2.54. The lowest BCUT2D eigenvalue weighted by Crippen LogP contribution is -2.01. The molecule has 1 heterocycles. The molecule has 4 heteroatoms. The Bertz CT molecular complexity index is 249. The molecule has 11 heavy (non-hydrogen) atoms. The van der Waals surface area contributed by atoms with E-state index in [2.05, 4.69) is 10.2 Å². The van der Waals surface area contributed by atoms with Crippen LogP contribution in [0.15, 0.2) is 17.5 Å². The van der Waals surface area contributed by atoms with Crippen LogP contribution >= 0.6 is 0 Å². The lowest BCUT2D eigenvalue weighted by atomic mass is 10.4. The molecule has 0 atom stereocenters. The maximum atomic E-state index is 4.06. The molecule has 0 bridgehead atoms. The van der Waals surface area contributed by atoms with Crippen LogP contribution in [0.5, 0.6) is 0 Å². The van der Waals surface area contributed by atoms with Gasteiger partial charge >= 0.3 is 0 Å². The quantitative estimate of drug-likeness (QED) is 0.451. The highest BCUT2D eigenvalue weighted by Gasteiger charge is 1.89. The summed E-state index contributed by atoms with van der Waals surface area (Å²) in [7, 11) is 5.65. The monoisotopic (exact) mass is 152 g/mol. The summed E-state index contributed by atoms with van der Waals surface area (Å²) in [5.74, 6) is 0. The van der Waals surface area contributed by atoms with Crippen molar-refractivity contribution >= 4 is 6.21 Å². The Morgan fingerprint density at radius 2 is 2.36 bits per heavy atom. The second-order valence-electron chi connectivity index (χ2n) is 2.54. The number of aryl methyl sites for hydroxylation is 1. The average Bonchev–Trinajstić information content (AvgIpc) is 2.31. The zero-order valence-corrected chi connectivity index (χ0v) is 7.02. The van der Waals surface area contributed by atoms with E-state index in [9.17, 15) is 0 Å². The number of aromatic nitrogens is 2. The molecule has 0 fully saturated rings. The molecule has 4 nitrogen and oxygen atoms in total. The van der Waals surface area contributed by atoms with Gasteiger partial charge in [0.15, 0.2) is 0 Å². The topological polar surface area (TPSA) is 33.4 Å². The molecule has 0 aliphatic rings. The van der Waals surface area contributed by atoms with Crippen molar-refractivity contribution in [2.24, 2.45) is 12.1 Å². The molecule has 0 N–H and O–H groups in total. The summed E-state index contributed by atoms with van der Waals surface area (Å²) in [6.45, 7) is 0. The maximum Gasteiger partial charge on any atom is 0.0578 e. The van der Waals surface area contributed by atoms with E-state index in [4.69, 9.17) is 0 Å². The van der Waals surface area contributed by atoms with E-state index in [1.807, 2.05) is 27.3 Å². The van der Waals surface area contributed by atoms with Crippen LogP contribution in [0.4, 0.5) is 0 Å². The van der Waals surface area contributed by atoms with Crippen LogP contribution in [0.3, 0.4) is 0 Å². The minimum absolute atomic E-state index is 1.02. The van der Waals surface area contributed by atoms with Crippen LogP contribution in [0, 0.1) is 0 Å². The number of nitrogens with zero attached hydrogens (tertiary/aromatic N) is 4. The minimum atomic E-state index is 1.02. The number of hydrogen-bond acceptors (Lipinski definition) is 3. The molecule has 60 valence electrons. The predicted molar refractivity (Wildman–Crippen MR) is 44.5 cm³/mol. The first kappa shape index (κ1) is 7.78. The van der Waals surface area contributed by atoms with Crippen LogP contribution in [0.2, 0.25) is 0 Å². The highest BCUT2D eigenvalue weighted by molar-refractivity contribution is 5.78. The normalized spacial score (nSPS) is 10.8. The van der Waals surface area contributed by atoms with Gasteiger partial charge in [-0.15, -0.1) is 0 Å². The molecule has 0 aromatic carbocycles. The molecule has 1 aromatic rings. The van der Waals surface area contributed by atoms with E-state index < -0.39 is 0 Å². The molecule has 0 saturated heterocycles. The van der Waals surface area contributed by atoms with Crippen LogP contribution < -0.4 is 0 Å². The SMILES string of the molecule is CN(C)/N=C/c1cnn(C)c1. The Morgan fingerprint density at radius 1 is 1.64 bits per heavy atom. The second kappa shape index (κ2) is 3.18. The highest BCUT2D eigenvalue weighted by atomic mass is 15.4. The lowest BCUT2D eigenvalue weighted by molar-refractivity contribution is 0.440. The van der Waals surface area contributed by atoms with Gasteiger partial charge in [-0.25, -0.2) is 0 Å². The van der Waals surface area contributed by atoms with Gasteiger partial charge in [-0.05, 0) is 0 Å². The third-order valence-corrected chi connectivity index (χ3v) is 1.16. The molecule has 0 aliphatic carbocycles. The third-order valence-electron chi connectivity index (χ3n) is 1.16. The first-order valence-electron chi connectivity index (χ1n) is 3.38. The van der Waals surface area contributed by atoms with Gasteiger partial charge in [-0.1, -0.05) is 0 Å². The van der Waals surface area contributed by atoms with Gasteiger partial charge in [0, 0.05) is 32.9 Å². The van der Waals surface area contributed by atoms with Gasteiger partial charge in [0.1, 0.15) is 0 Å². The van der Waals surface area contributed by atoms with E-state index in [0.717, 1.165) is 5.56 Å². The summed E-state index contributed by atoms with van der Waals surface area (Å²) >= 11 is 0. The van der Waals surface area contributed by atoms with E-state index in [1.54, 1.807) is 22.1 Å². The molecule has 0 radical (unpaired) electrons. The van der Waals surface area contributed by atoms with Crippen molar-refractivity contribution in [2.75, 3.05) is 14.1 Å². The van der Waals surface area contributed by atoms with Crippen molar-refractivity contribution in [1.29, 1.82) is 0 Å². The average molecular weight is 152 g/mol.